The first-order valence-corrected chi connectivity index (χ1v) is 12.4. The number of nitrogen functional groups attached to an aromatic ring is 1. The zero-order chi connectivity index (χ0) is 25.2. The largest absolute Gasteiger partial charge is 0.397 e. The number of thiophene rings is 1. The lowest BCUT2D eigenvalue weighted by Gasteiger charge is -2.23. The van der Waals surface area contributed by atoms with Crippen molar-refractivity contribution < 1.29 is 4.79 Å². The predicted molar refractivity (Wildman–Crippen MR) is 151 cm³/mol. The molecule has 0 spiro atoms. The summed E-state index contributed by atoms with van der Waals surface area (Å²) in [5, 5.41) is 11.4. The van der Waals surface area contributed by atoms with Crippen molar-refractivity contribution in [1.82, 2.24) is 15.6 Å². The molecule has 0 fully saturated rings. The molecule has 1 amide bonds. The minimum atomic E-state index is -0.474. The summed E-state index contributed by atoms with van der Waals surface area (Å²) < 4.78 is 0. The van der Waals surface area contributed by atoms with Gasteiger partial charge in [0, 0.05) is 21.5 Å². The second-order valence-corrected chi connectivity index (χ2v) is 9.63. The standard InChI is InChI=1S/C26H19ClN6OS2/c27-17-11-13-18(14-12-17)33(26(29)35)32-24(34)23-21(28)20-19(15-7-3-1-4-8-15)22(30-31-25(20)36-23)16-9-5-2-6-10-16/h1-14H,28H2,(H2,29,35)(H,32,34). The molecule has 0 aliphatic rings. The predicted octanol–water partition coefficient (Wildman–Crippen LogP) is 5.66. The summed E-state index contributed by atoms with van der Waals surface area (Å²) in [6.07, 6.45) is 0. The molecule has 36 heavy (non-hydrogen) atoms. The highest BCUT2D eigenvalue weighted by Crippen LogP contribution is 2.43. The third kappa shape index (κ3) is 4.47. The van der Waals surface area contributed by atoms with Gasteiger partial charge in [0.15, 0.2) is 5.11 Å². The van der Waals surface area contributed by atoms with Crippen molar-refractivity contribution in [1.29, 1.82) is 0 Å². The van der Waals surface area contributed by atoms with Crippen LogP contribution in [0.4, 0.5) is 11.4 Å². The van der Waals surface area contributed by atoms with Crippen LogP contribution in [0.25, 0.3) is 32.6 Å². The molecule has 5 rings (SSSR count). The van der Waals surface area contributed by atoms with Crippen LogP contribution in [-0.4, -0.2) is 21.2 Å². The van der Waals surface area contributed by atoms with E-state index >= 15 is 0 Å². The average Bonchev–Trinajstić information content (AvgIpc) is 3.24. The Morgan fingerprint density at radius 2 is 1.53 bits per heavy atom. The van der Waals surface area contributed by atoms with Crippen LogP contribution in [0.5, 0.6) is 0 Å². The molecule has 0 unspecified atom stereocenters. The maximum atomic E-state index is 13.4. The lowest BCUT2D eigenvalue weighted by molar-refractivity contribution is 0.0960. The van der Waals surface area contributed by atoms with E-state index in [4.69, 9.17) is 35.3 Å². The number of halogens is 1. The molecule has 0 aliphatic carbocycles. The van der Waals surface area contributed by atoms with E-state index < -0.39 is 5.91 Å². The molecule has 10 heteroatoms. The minimum Gasteiger partial charge on any atom is -0.397 e. The fraction of sp³-hybridized carbons (Fsp3) is 0. The second kappa shape index (κ2) is 9.90. The van der Waals surface area contributed by atoms with E-state index in [1.807, 2.05) is 60.7 Å². The third-order valence-electron chi connectivity index (χ3n) is 5.49. The van der Waals surface area contributed by atoms with Crippen LogP contribution in [0.1, 0.15) is 9.67 Å². The molecule has 3 aromatic carbocycles. The summed E-state index contributed by atoms with van der Waals surface area (Å²) >= 11 is 12.3. The third-order valence-corrected chi connectivity index (χ3v) is 7.01. The van der Waals surface area contributed by atoms with Crippen molar-refractivity contribution in [2.45, 2.75) is 0 Å². The number of aromatic nitrogens is 2. The molecule has 5 aromatic rings. The molecule has 0 saturated carbocycles. The van der Waals surface area contributed by atoms with Gasteiger partial charge in [0.05, 0.1) is 11.4 Å². The topological polar surface area (TPSA) is 110 Å². The number of nitrogens with two attached hydrogens (primary N) is 2. The molecule has 0 atom stereocenters. The normalized spacial score (nSPS) is 10.8. The Balaban J connectivity index is 1.63. The molecule has 178 valence electrons. The number of hydrogen-bond donors (Lipinski definition) is 3. The Bertz CT molecular complexity index is 1570. The number of benzene rings is 3. The second-order valence-electron chi connectivity index (χ2n) is 7.77. The van der Waals surface area contributed by atoms with Crippen molar-refractivity contribution in [2.75, 3.05) is 10.7 Å². The number of carbonyl (C=O) groups is 1. The minimum absolute atomic E-state index is 0.0403. The number of hydrazine groups is 1. The van der Waals surface area contributed by atoms with Gasteiger partial charge < -0.3 is 11.5 Å². The SMILES string of the molecule is NC(=S)N(NC(=O)c1sc2nnc(-c3ccccc3)c(-c3ccccc3)c2c1N)c1ccc(Cl)cc1. The fourth-order valence-electron chi connectivity index (χ4n) is 3.85. The van der Waals surface area contributed by atoms with Crippen LogP contribution in [0.2, 0.25) is 5.02 Å². The molecule has 0 radical (unpaired) electrons. The van der Waals surface area contributed by atoms with E-state index in [1.54, 1.807) is 24.3 Å². The Labute approximate surface area is 221 Å². The molecule has 0 aliphatic heterocycles. The summed E-state index contributed by atoms with van der Waals surface area (Å²) in [5.41, 5.74) is 19.4. The van der Waals surface area contributed by atoms with Gasteiger partial charge >= 0.3 is 0 Å². The summed E-state index contributed by atoms with van der Waals surface area (Å²) in [7, 11) is 0. The van der Waals surface area contributed by atoms with Crippen LogP contribution in [0, 0.1) is 0 Å². The number of nitrogens with zero attached hydrogens (tertiary/aromatic N) is 3. The number of amides is 1. The highest BCUT2D eigenvalue weighted by molar-refractivity contribution is 7.80. The highest BCUT2D eigenvalue weighted by atomic mass is 35.5. The van der Waals surface area contributed by atoms with E-state index in [-0.39, 0.29) is 9.99 Å². The lowest BCUT2D eigenvalue weighted by Crippen LogP contribution is -2.49. The summed E-state index contributed by atoms with van der Waals surface area (Å²) in [4.78, 5) is 14.2. The zero-order valence-electron chi connectivity index (χ0n) is 18.7. The van der Waals surface area contributed by atoms with Gasteiger partial charge in [-0.3, -0.25) is 10.2 Å². The van der Waals surface area contributed by atoms with Crippen LogP contribution in [0.15, 0.2) is 84.9 Å². The van der Waals surface area contributed by atoms with E-state index in [1.165, 1.54) is 5.01 Å². The van der Waals surface area contributed by atoms with Gasteiger partial charge in [-0.2, -0.15) is 0 Å². The van der Waals surface area contributed by atoms with Crippen LogP contribution < -0.4 is 21.9 Å². The van der Waals surface area contributed by atoms with Gasteiger partial charge in [-0.05, 0) is 42.0 Å². The Morgan fingerprint density at radius 1 is 0.917 bits per heavy atom. The van der Waals surface area contributed by atoms with Gasteiger partial charge in [-0.1, -0.05) is 72.3 Å². The molecular weight excluding hydrogens is 512 g/mol. The molecule has 2 heterocycles. The first-order valence-electron chi connectivity index (χ1n) is 10.8. The van der Waals surface area contributed by atoms with Crippen LogP contribution >= 0.6 is 35.2 Å². The number of fused-ring (bicyclic) bond motifs is 1. The van der Waals surface area contributed by atoms with Crippen LogP contribution in [-0.2, 0) is 0 Å². The van der Waals surface area contributed by atoms with E-state index in [0.717, 1.165) is 28.0 Å². The monoisotopic (exact) mass is 530 g/mol. The first-order chi connectivity index (χ1) is 17.4. The molecule has 0 bridgehead atoms. The number of nitrogens with one attached hydrogen (secondary N) is 1. The molecule has 5 N–H and O–H groups in total. The van der Waals surface area contributed by atoms with E-state index in [9.17, 15) is 4.79 Å². The fourth-order valence-corrected chi connectivity index (χ4v) is 5.07. The summed E-state index contributed by atoms with van der Waals surface area (Å²) in [6.45, 7) is 0. The van der Waals surface area contributed by atoms with E-state index in [2.05, 4.69) is 15.6 Å². The average molecular weight is 531 g/mol. The maximum Gasteiger partial charge on any atom is 0.282 e. The number of hydrogen-bond acceptors (Lipinski definition) is 6. The van der Waals surface area contributed by atoms with Crippen LogP contribution in [0.3, 0.4) is 0 Å². The van der Waals surface area contributed by atoms with Crippen molar-refractivity contribution in [2.24, 2.45) is 5.73 Å². The summed E-state index contributed by atoms with van der Waals surface area (Å²) in [6, 6.07) is 26.3. The van der Waals surface area contributed by atoms with Gasteiger partial charge in [0.2, 0.25) is 0 Å². The number of anilines is 2. The lowest BCUT2D eigenvalue weighted by atomic mass is 9.96. The number of carbonyl (C=O) groups excluding carboxylic acids is 1. The summed E-state index contributed by atoms with van der Waals surface area (Å²) in [5.74, 6) is -0.474. The molecule has 2 aromatic heterocycles. The maximum absolute atomic E-state index is 13.4. The smallest absolute Gasteiger partial charge is 0.282 e. The molecule has 0 saturated heterocycles. The Hall–Kier alpha value is -4.05. The van der Waals surface area contributed by atoms with E-state index in [0.29, 0.717) is 32.3 Å². The van der Waals surface area contributed by atoms with Crippen molar-refractivity contribution in [3.05, 3.63) is 94.8 Å². The number of rotatable bonds is 4. The van der Waals surface area contributed by atoms with Gasteiger partial charge in [-0.15, -0.1) is 21.5 Å². The molecular formula is C26H19ClN6OS2. The van der Waals surface area contributed by atoms with Gasteiger partial charge in [-0.25, -0.2) is 5.01 Å². The van der Waals surface area contributed by atoms with Crippen molar-refractivity contribution >= 4 is 67.8 Å². The highest BCUT2D eigenvalue weighted by Gasteiger charge is 2.25. The number of thiocarbonyl (C=S) groups is 1. The van der Waals surface area contributed by atoms with Crippen molar-refractivity contribution in [3.63, 3.8) is 0 Å². The van der Waals surface area contributed by atoms with Gasteiger partial charge in [0.25, 0.3) is 5.91 Å². The first kappa shape index (κ1) is 23.7. The molecule has 7 nitrogen and oxygen atoms in total. The van der Waals surface area contributed by atoms with Crippen molar-refractivity contribution in [3.8, 4) is 22.4 Å². The van der Waals surface area contributed by atoms with Gasteiger partial charge in [0.1, 0.15) is 15.4 Å². The Kier molecular flexibility index (Phi) is 6.51. The quantitative estimate of drug-likeness (QED) is 0.203. The Morgan fingerprint density at radius 3 is 2.14 bits per heavy atom. The zero-order valence-corrected chi connectivity index (χ0v) is 21.1.